The van der Waals surface area contributed by atoms with Crippen molar-refractivity contribution < 1.29 is 41.2 Å². The van der Waals surface area contributed by atoms with Crippen molar-refractivity contribution in [1.82, 2.24) is 24.7 Å². The highest BCUT2D eigenvalue weighted by Gasteiger charge is 2.19. The van der Waals surface area contributed by atoms with Crippen molar-refractivity contribution in [2.45, 2.75) is 13.2 Å². The maximum Gasteiger partial charge on any atom is 0.316 e. The summed E-state index contributed by atoms with van der Waals surface area (Å²) in [5.41, 5.74) is -1.85. The van der Waals surface area contributed by atoms with Gasteiger partial charge in [-0.1, -0.05) is 34.9 Å². The zero-order valence-electron chi connectivity index (χ0n) is 32.2. The number of halogens is 2. The highest BCUT2D eigenvalue weighted by molar-refractivity contribution is 9.10. The van der Waals surface area contributed by atoms with E-state index in [1.54, 1.807) is 4.72 Å². The van der Waals surface area contributed by atoms with E-state index in [9.17, 15) is 8.42 Å². The molecule has 0 bridgehead atoms. The molecule has 0 saturated heterocycles. The lowest BCUT2D eigenvalue weighted by Gasteiger charge is -2.15. The molecule has 0 atom stereocenters. The zero-order valence-corrected chi connectivity index (χ0v) is 19.2. The molecule has 1 aromatic carbocycles. The molecule has 2 heterocycles. The minimum absolute atomic E-state index is 0.202. The summed E-state index contributed by atoms with van der Waals surface area (Å²) in [6, 6.07) is -4.36. The van der Waals surface area contributed by atoms with Crippen LogP contribution in [0.4, 0.5) is 5.82 Å². The number of rotatable bonds is 11. The lowest BCUT2D eigenvalue weighted by atomic mass is 10.1. The van der Waals surface area contributed by atoms with Gasteiger partial charge in [0.25, 0.3) is 10.2 Å². The molecule has 10 nitrogen and oxygen atoms in total. The van der Waals surface area contributed by atoms with Crippen molar-refractivity contribution >= 4 is 47.9 Å². The summed E-state index contributed by atoms with van der Waals surface area (Å²) in [5.74, 6) is -2.25. The summed E-state index contributed by atoms with van der Waals surface area (Å²) in [5, 5.41) is 0. The van der Waals surface area contributed by atoms with Crippen LogP contribution >= 0.6 is 31.9 Å². The van der Waals surface area contributed by atoms with Crippen molar-refractivity contribution in [3.8, 4) is 23.0 Å². The largest absolute Gasteiger partial charge is 0.473 e. The maximum atomic E-state index is 13.1. The average molecular weight is 605 g/mol. The molecule has 32 heavy (non-hydrogen) atoms. The highest BCUT2D eigenvalue weighted by atomic mass is 79.9. The van der Waals surface area contributed by atoms with Gasteiger partial charge in [0.1, 0.15) is 19.4 Å². The van der Waals surface area contributed by atoms with Gasteiger partial charge in [0.05, 0.1) is 23.7 Å². The molecule has 0 fully saturated rings. The second kappa shape index (κ2) is 11.5. The molecule has 0 radical (unpaired) electrons. The molecule has 3 rings (SSSR count). The van der Waals surface area contributed by atoms with Crippen LogP contribution in [0.15, 0.2) is 51.8 Å². The van der Waals surface area contributed by atoms with Gasteiger partial charge >= 0.3 is 6.01 Å². The molecule has 0 spiro atoms. The van der Waals surface area contributed by atoms with Gasteiger partial charge in [0.15, 0.2) is 5.82 Å². The van der Waals surface area contributed by atoms with E-state index in [4.69, 9.17) is 32.8 Å². The van der Waals surface area contributed by atoms with Crippen LogP contribution in [0.25, 0.3) is 11.1 Å². The van der Waals surface area contributed by atoms with Crippen LogP contribution in [0.3, 0.4) is 0 Å². The Balaban J connectivity index is 2.23. The normalized spacial score (nSPS) is 21.1. The summed E-state index contributed by atoms with van der Waals surface area (Å²) in [6.45, 7) is -14.9. The van der Waals surface area contributed by atoms with Crippen molar-refractivity contribution in [2.75, 3.05) is 24.3 Å². The molecule has 0 unspecified atom stereocenters. The number of anilines is 1. The van der Waals surface area contributed by atoms with E-state index in [2.05, 4.69) is 51.8 Å². The van der Waals surface area contributed by atoms with Gasteiger partial charge in [-0.15, -0.1) is 0 Å². The zero-order chi connectivity index (χ0) is 37.9. The minimum Gasteiger partial charge on any atom is -0.473 e. The van der Waals surface area contributed by atoms with Crippen molar-refractivity contribution in [2.24, 2.45) is 0 Å². The summed E-state index contributed by atoms with van der Waals surface area (Å²) in [6.07, 6.45) is -4.60. The molecule has 170 valence electrons. The predicted molar refractivity (Wildman–Crippen MR) is 127 cm³/mol. The number of nitrogens with one attached hydrogen (secondary N) is 2. The number of ether oxygens (including phenoxy) is 2. The second-order valence-electron chi connectivity index (χ2n) is 5.00. The van der Waals surface area contributed by atoms with E-state index in [1.807, 2.05) is 0 Å². The first-order valence-electron chi connectivity index (χ1n) is 16.3. The molecule has 0 saturated carbocycles. The molecule has 0 aliphatic heterocycles. The van der Waals surface area contributed by atoms with Crippen molar-refractivity contribution in [3.05, 3.63) is 51.8 Å². The first-order valence-corrected chi connectivity index (χ1v) is 10.9. The van der Waals surface area contributed by atoms with Crippen LogP contribution in [0, 0.1) is 0 Å². The van der Waals surface area contributed by atoms with Crippen LogP contribution in [0.1, 0.15) is 36.5 Å². The fraction of sp³-hybridized carbons (Fsp3) is 0.263. The first kappa shape index (κ1) is 10.3. The Morgan fingerprint density at radius 2 is 1.78 bits per heavy atom. The van der Waals surface area contributed by atoms with E-state index in [0.29, 0.717) is 6.33 Å². The number of hydrogen-bond acceptors (Lipinski definition) is 8. The molecule has 13 heteroatoms. The Labute approximate surface area is 226 Å². The molecule has 0 aliphatic rings. The Morgan fingerprint density at radius 1 is 1.06 bits per heavy atom. The van der Waals surface area contributed by atoms with E-state index < -0.39 is 108 Å². The van der Waals surface area contributed by atoms with Gasteiger partial charge in [-0.25, -0.2) is 19.9 Å². The van der Waals surface area contributed by atoms with E-state index in [1.165, 1.54) is 4.72 Å². The third kappa shape index (κ3) is 7.08. The SMILES string of the molecule is [2H]c1nc(OC([2H])([2H])C([2H])([2H])Oc2ncnc(NS(=O)(=O)NC([2H])([2H])C([2H])([2H])C([2H])([2H])[2H])c2-c2c([2H])c([2H])c(Br)c([2H])c2[2H])nc([2H])c1Br. The van der Waals surface area contributed by atoms with Gasteiger partial charge < -0.3 is 9.47 Å². The quantitative estimate of drug-likeness (QED) is 0.340. The summed E-state index contributed by atoms with van der Waals surface area (Å²) >= 11 is 5.73. The van der Waals surface area contributed by atoms with E-state index in [0.717, 1.165) is 0 Å². The number of nitrogens with zero attached hydrogens (tertiary/aromatic N) is 4. The van der Waals surface area contributed by atoms with Gasteiger partial charge in [0, 0.05) is 32.9 Å². The standard InChI is InChI=1S/C19H20Br2N6O4S/c1-2-7-26-32(28,29)27-17-16(13-3-5-14(20)6-4-13)18(25-12-24-17)30-8-9-31-19-22-10-15(21)11-23-19/h3-6,10-12,26H,2,7-9H2,1H3,(H,24,25,27)/i1D3,2D2,3D,4D,5D,6D,7D2,8D2,9D2,10D,11D. The van der Waals surface area contributed by atoms with Crippen LogP contribution in [-0.2, 0) is 10.2 Å². The van der Waals surface area contributed by atoms with Gasteiger partial charge in [-0.2, -0.15) is 13.1 Å². The molecule has 0 aliphatic carbocycles. The monoisotopic (exact) mass is 603 g/mol. The highest BCUT2D eigenvalue weighted by Crippen LogP contribution is 2.34. The Bertz CT molecular complexity index is 1850. The van der Waals surface area contributed by atoms with Gasteiger partial charge in [-0.3, -0.25) is 4.72 Å². The van der Waals surface area contributed by atoms with Crippen LogP contribution in [0.5, 0.6) is 11.9 Å². The van der Waals surface area contributed by atoms with Crippen LogP contribution in [0.2, 0.25) is 0 Å². The van der Waals surface area contributed by atoms with Crippen LogP contribution < -0.4 is 18.9 Å². The Kier molecular flexibility index (Phi) is 3.69. The van der Waals surface area contributed by atoms with Gasteiger partial charge in [-0.05, 0) is 40.0 Å². The fourth-order valence-electron chi connectivity index (χ4n) is 1.84. The number of hydrogen-bond donors (Lipinski definition) is 2. The average Bonchev–Trinajstić information content (AvgIpc) is 2.93. The number of benzene rings is 1. The summed E-state index contributed by atoms with van der Waals surface area (Å²) in [4.78, 5) is 14.2. The Morgan fingerprint density at radius 3 is 2.50 bits per heavy atom. The summed E-state index contributed by atoms with van der Waals surface area (Å²) < 4.78 is 173. The molecule has 2 aromatic heterocycles. The van der Waals surface area contributed by atoms with E-state index >= 15 is 0 Å². The minimum atomic E-state index is -5.45. The second-order valence-corrected chi connectivity index (χ2v) is 8.00. The van der Waals surface area contributed by atoms with E-state index in [-0.39, 0.29) is 8.95 Å². The molecular formula is C19H20Br2N6O4S. The molecule has 2 N–H and O–H groups in total. The number of aromatic nitrogens is 4. The van der Waals surface area contributed by atoms with Gasteiger partial charge in [0.2, 0.25) is 5.88 Å². The fourth-order valence-corrected chi connectivity index (χ4v) is 2.86. The molecular weight excluding hydrogens is 568 g/mol. The smallest absolute Gasteiger partial charge is 0.316 e. The van der Waals surface area contributed by atoms with Crippen LogP contribution in [-0.4, -0.2) is 48.0 Å². The van der Waals surface area contributed by atoms with Crippen molar-refractivity contribution in [3.63, 3.8) is 0 Å². The first-order chi connectivity index (χ1) is 22.0. The summed E-state index contributed by atoms with van der Waals surface area (Å²) in [7, 11) is -5.45. The molecule has 3 aromatic rings. The van der Waals surface area contributed by atoms with Crippen molar-refractivity contribution in [1.29, 1.82) is 0 Å². The third-order valence-electron chi connectivity index (χ3n) is 2.97. The Hall–Kier alpha value is -2.35. The predicted octanol–water partition coefficient (Wildman–Crippen LogP) is 3.57. The maximum absolute atomic E-state index is 13.1. The lowest BCUT2D eigenvalue weighted by molar-refractivity contribution is 0.202. The molecule has 0 amide bonds. The lowest BCUT2D eigenvalue weighted by Crippen LogP contribution is -2.31. The topological polar surface area (TPSA) is 128 Å². The third-order valence-corrected chi connectivity index (χ3v) is 4.55.